The molecule has 2 aromatic rings. The number of ether oxygens (including phenoxy) is 2. The summed E-state index contributed by atoms with van der Waals surface area (Å²) >= 11 is 5.58. The summed E-state index contributed by atoms with van der Waals surface area (Å²) in [6.07, 6.45) is -4.96. The fraction of sp³-hybridized carbons (Fsp3) is 0.316. The number of carbonyl (C=O) groups is 1. The third-order valence-electron chi connectivity index (χ3n) is 4.94. The van der Waals surface area contributed by atoms with Crippen molar-refractivity contribution in [3.8, 4) is 11.5 Å². The molecule has 0 radical (unpaired) electrons. The van der Waals surface area contributed by atoms with E-state index in [0.29, 0.717) is 0 Å². The van der Waals surface area contributed by atoms with Crippen molar-refractivity contribution in [3.05, 3.63) is 53.1 Å². The number of carbonyl (C=O) groups excluding carboxylic acids is 1. The molecule has 0 unspecified atom stereocenters. The fourth-order valence-corrected chi connectivity index (χ4v) is 5.42. The molecule has 1 saturated heterocycles. The van der Waals surface area contributed by atoms with Gasteiger partial charge in [0.25, 0.3) is 5.91 Å². The molecule has 2 aromatic carbocycles. The minimum Gasteiger partial charge on any atom is -0.457 e. The van der Waals surface area contributed by atoms with E-state index in [4.69, 9.17) is 26.3 Å². The topological polar surface area (TPSA) is 102 Å². The first kappa shape index (κ1) is 23.3. The van der Waals surface area contributed by atoms with E-state index in [9.17, 15) is 26.4 Å². The molecule has 0 atom stereocenters. The van der Waals surface area contributed by atoms with Gasteiger partial charge in [-0.15, -0.1) is 0 Å². The monoisotopic (exact) mass is 479 g/mol. The molecule has 1 aliphatic rings. The number of amides is 1. The Kier molecular flexibility index (Phi) is 6.51. The van der Waals surface area contributed by atoms with Gasteiger partial charge in [-0.05, 0) is 55.3 Å². The Morgan fingerprint density at radius 3 is 2.23 bits per heavy atom. The number of nitrogens with one attached hydrogen (secondary N) is 1. The molecule has 1 aliphatic heterocycles. The Labute approximate surface area is 180 Å². The highest BCUT2D eigenvalue weighted by Gasteiger charge is 2.52. The minimum atomic E-state index is -4.67. The number of hydrogen-bond acceptors (Lipinski definition) is 6. The van der Waals surface area contributed by atoms with Crippen LogP contribution >= 0.6 is 11.6 Å². The van der Waals surface area contributed by atoms with E-state index in [0.717, 1.165) is 12.1 Å². The van der Waals surface area contributed by atoms with Crippen LogP contribution in [0.3, 0.4) is 0 Å². The van der Waals surface area contributed by atoms with E-state index in [1.165, 1.54) is 35.8 Å². The second-order valence-corrected chi connectivity index (χ2v) is 9.43. The third kappa shape index (κ3) is 4.49. The van der Waals surface area contributed by atoms with Gasteiger partial charge in [-0.2, -0.15) is 13.2 Å². The molecule has 7 nitrogen and oxygen atoms in total. The molecule has 0 aliphatic carbocycles. The molecule has 2 N–H and O–H groups in total. The summed E-state index contributed by atoms with van der Waals surface area (Å²) in [5.41, 5.74) is 0.349. The zero-order valence-electron chi connectivity index (χ0n) is 15.8. The van der Waals surface area contributed by atoms with Crippen LogP contribution < -0.4 is 10.2 Å². The predicted molar refractivity (Wildman–Crippen MR) is 103 cm³/mol. The molecule has 0 spiro atoms. The quantitative estimate of drug-likeness (QED) is 0.497. The van der Waals surface area contributed by atoms with Gasteiger partial charge in [-0.3, -0.25) is 10.0 Å². The van der Waals surface area contributed by atoms with E-state index in [2.05, 4.69) is 0 Å². The maximum atomic E-state index is 13.2. The van der Waals surface area contributed by atoms with Crippen LogP contribution in [-0.4, -0.2) is 37.5 Å². The first-order valence-electron chi connectivity index (χ1n) is 8.93. The molecule has 12 heteroatoms. The summed E-state index contributed by atoms with van der Waals surface area (Å²) in [7, 11) is -4.23. The van der Waals surface area contributed by atoms with Crippen molar-refractivity contribution in [1.82, 2.24) is 5.48 Å². The number of alkyl halides is 3. The summed E-state index contributed by atoms with van der Waals surface area (Å²) in [5.74, 6) is -1.13. The molecule has 1 fully saturated rings. The number of rotatable bonds is 5. The van der Waals surface area contributed by atoms with Crippen molar-refractivity contribution in [1.29, 1.82) is 0 Å². The summed E-state index contributed by atoms with van der Waals surface area (Å²) in [5, 5.41) is 8.57. The van der Waals surface area contributed by atoms with E-state index in [-0.39, 0.29) is 42.4 Å². The number of hydrogen-bond donors (Lipinski definition) is 2. The third-order valence-corrected chi connectivity index (χ3v) is 7.79. The SMILES string of the molecule is O=C(NO)C1(S(=O)(=O)c2ccc(Oc3ccc(Cl)c(C(F)(F)F)c3)cc2)CCOCC1. The van der Waals surface area contributed by atoms with Crippen molar-refractivity contribution in [2.24, 2.45) is 0 Å². The van der Waals surface area contributed by atoms with Crippen LogP contribution in [0.15, 0.2) is 47.4 Å². The van der Waals surface area contributed by atoms with Crippen LogP contribution in [0.1, 0.15) is 18.4 Å². The molecule has 1 amide bonds. The van der Waals surface area contributed by atoms with Crippen LogP contribution in [0.4, 0.5) is 13.2 Å². The van der Waals surface area contributed by atoms with Gasteiger partial charge >= 0.3 is 6.18 Å². The first-order chi connectivity index (χ1) is 14.5. The summed E-state index contributed by atoms with van der Waals surface area (Å²) < 4.78 is 73.9. The van der Waals surface area contributed by atoms with Crippen LogP contribution in [0.2, 0.25) is 5.02 Å². The van der Waals surface area contributed by atoms with Gasteiger partial charge in [0.05, 0.1) is 15.5 Å². The molecular formula is C19H17ClF3NO6S. The average Bonchev–Trinajstić information content (AvgIpc) is 2.74. The minimum absolute atomic E-state index is 0.0198. The highest BCUT2D eigenvalue weighted by Crippen LogP contribution is 2.39. The Morgan fingerprint density at radius 2 is 1.68 bits per heavy atom. The van der Waals surface area contributed by atoms with Gasteiger partial charge in [-0.25, -0.2) is 13.9 Å². The van der Waals surface area contributed by atoms with Crippen LogP contribution in [0, 0.1) is 0 Å². The van der Waals surface area contributed by atoms with Crippen molar-refractivity contribution >= 4 is 27.3 Å². The lowest BCUT2D eigenvalue weighted by atomic mass is 9.98. The van der Waals surface area contributed by atoms with Gasteiger partial charge in [0.15, 0.2) is 14.6 Å². The maximum Gasteiger partial charge on any atom is 0.417 e. The lowest BCUT2D eigenvalue weighted by molar-refractivity contribution is -0.137. The predicted octanol–water partition coefficient (Wildman–Crippen LogP) is 3.98. The Hall–Kier alpha value is -2.34. The van der Waals surface area contributed by atoms with Crippen LogP contribution in [0.25, 0.3) is 0 Å². The number of halogens is 4. The van der Waals surface area contributed by atoms with Crippen molar-refractivity contribution < 1.29 is 41.1 Å². The van der Waals surface area contributed by atoms with Crippen LogP contribution in [0.5, 0.6) is 11.5 Å². The lowest BCUT2D eigenvalue weighted by Crippen LogP contribution is -2.54. The van der Waals surface area contributed by atoms with Crippen molar-refractivity contribution in [3.63, 3.8) is 0 Å². The zero-order chi connectivity index (χ0) is 22.9. The summed E-state index contributed by atoms with van der Waals surface area (Å²) in [6, 6.07) is 7.86. The summed E-state index contributed by atoms with van der Waals surface area (Å²) in [6.45, 7) is 0.0396. The highest BCUT2D eigenvalue weighted by molar-refractivity contribution is 7.93. The largest absolute Gasteiger partial charge is 0.457 e. The van der Waals surface area contributed by atoms with Gasteiger partial charge in [0, 0.05) is 13.2 Å². The molecular weight excluding hydrogens is 463 g/mol. The molecule has 0 aromatic heterocycles. The molecule has 31 heavy (non-hydrogen) atoms. The molecule has 1 heterocycles. The molecule has 168 valence electrons. The van der Waals surface area contributed by atoms with E-state index < -0.39 is 37.3 Å². The molecule has 0 saturated carbocycles. The average molecular weight is 480 g/mol. The normalized spacial score (nSPS) is 16.5. The van der Waals surface area contributed by atoms with E-state index >= 15 is 0 Å². The molecule has 0 bridgehead atoms. The van der Waals surface area contributed by atoms with E-state index in [1.807, 2.05) is 0 Å². The Morgan fingerprint density at radius 1 is 1.10 bits per heavy atom. The first-order valence-corrected chi connectivity index (χ1v) is 10.8. The second-order valence-electron chi connectivity index (χ2n) is 6.76. The smallest absolute Gasteiger partial charge is 0.417 e. The number of sulfone groups is 1. The standard InChI is InChI=1S/C19H17ClF3NO6S/c20-16-6-3-13(11-15(16)19(21,22)23)30-12-1-4-14(5-2-12)31(27,28)18(17(25)24-26)7-9-29-10-8-18/h1-6,11,26H,7-10H2,(H,24,25). The Bertz CT molecular complexity index is 1070. The maximum absolute atomic E-state index is 13.2. The highest BCUT2D eigenvalue weighted by atomic mass is 35.5. The van der Waals surface area contributed by atoms with Crippen molar-refractivity contribution in [2.75, 3.05) is 13.2 Å². The van der Waals surface area contributed by atoms with E-state index in [1.54, 1.807) is 0 Å². The number of benzene rings is 2. The second kappa shape index (κ2) is 8.65. The Balaban J connectivity index is 1.88. The molecule has 3 rings (SSSR count). The van der Waals surface area contributed by atoms with Gasteiger partial charge in [0.1, 0.15) is 11.5 Å². The lowest BCUT2D eigenvalue weighted by Gasteiger charge is -2.34. The zero-order valence-corrected chi connectivity index (χ0v) is 17.4. The van der Waals surface area contributed by atoms with Gasteiger partial charge in [-0.1, -0.05) is 11.6 Å². The number of hydroxylamine groups is 1. The van der Waals surface area contributed by atoms with Crippen molar-refractivity contribution in [2.45, 2.75) is 28.7 Å². The fourth-order valence-electron chi connectivity index (χ4n) is 3.25. The van der Waals surface area contributed by atoms with Crippen LogP contribution in [-0.2, 0) is 25.5 Å². The van der Waals surface area contributed by atoms with Gasteiger partial charge in [0.2, 0.25) is 0 Å². The summed E-state index contributed by atoms with van der Waals surface area (Å²) in [4.78, 5) is 12.0. The van der Waals surface area contributed by atoms with Gasteiger partial charge < -0.3 is 9.47 Å².